The highest BCUT2D eigenvalue weighted by molar-refractivity contribution is 5.50. The number of nitrogens with one attached hydrogen (secondary N) is 1. The molecule has 1 rings (SSSR count). The number of aliphatic hydroxyl groups excluding tert-OH is 1. The van der Waals surface area contributed by atoms with E-state index in [0.29, 0.717) is 12.2 Å². The summed E-state index contributed by atoms with van der Waals surface area (Å²) in [7, 11) is 0. The van der Waals surface area contributed by atoms with Crippen LogP contribution in [0.4, 0.5) is 11.5 Å². The fourth-order valence-electron chi connectivity index (χ4n) is 1.78. The summed E-state index contributed by atoms with van der Waals surface area (Å²) in [5.41, 5.74) is -0.569. The predicted molar refractivity (Wildman–Crippen MR) is 74.2 cm³/mol. The Kier molecular flexibility index (Phi) is 5.00. The monoisotopic (exact) mass is 278 g/mol. The predicted octanol–water partition coefficient (Wildman–Crippen LogP) is 2.07. The Balaban J connectivity index is 2.71. The largest absolute Gasteiger partial charge is 0.391 e. The highest BCUT2D eigenvalue weighted by atomic mass is 16.6. The van der Waals surface area contributed by atoms with Crippen LogP contribution in [0, 0.1) is 26.9 Å². The van der Waals surface area contributed by atoms with E-state index in [4.69, 9.17) is 5.26 Å². The number of nitriles is 1. The fraction of sp³-hybridized carbons (Fsp3) is 0.538. The fourth-order valence-corrected chi connectivity index (χ4v) is 1.78. The first-order chi connectivity index (χ1) is 9.23. The van der Waals surface area contributed by atoms with Crippen LogP contribution in [0.5, 0.6) is 0 Å². The molecule has 0 spiro atoms. The average Bonchev–Trinajstić information content (AvgIpc) is 2.33. The van der Waals surface area contributed by atoms with Crippen molar-refractivity contribution in [1.29, 1.82) is 5.26 Å². The van der Waals surface area contributed by atoms with E-state index < -0.39 is 11.0 Å². The summed E-state index contributed by atoms with van der Waals surface area (Å²) in [6.45, 7) is 6.34. The molecule has 0 aliphatic heterocycles. The van der Waals surface area contributed by atoms with Gasteiger partial charge in [0, 0.05) is 12.6 Å². The van der Waals surface area contributed by atoms with Gasteiger partial charge in [-0.1, -0.05) is 20.8 Å². The Labute approximate surface area is 117 Å². The quantitative estimate of drug-likeness (QED) is 0.629. The van der Waals surface area contributed by atoms with E-state index in [2.05, 4.69) is 10.3 Å². The molecule has 1 atom stereocenters. The minimum absolute atomic E-state index is 0.00180. The van der Waals surface area contributed by atoms with Gasteiger partial charge in [0.25, 0.3) is 0 Å². The number of aromatic nitrogens is 1. The average molecular weight is 278 g/mol. The third kappa shape index (κ3) is 4.82. The van der Waals surface area contributed by atoms with Crippen LogP contribution >= 0.6 is 0 Å². The van der Waals surface area contributed by atoms with Crippen LogP contribution in [-0.2, 0) is 0 Å². The number of rotatable bonds is 5. The first-order valence-corrected chi connectivity index (χ1v) is 6.20. The Bertz CT molecular complexity index is 531. The van der Waals surface area contributed by atoms with E-state index in [0.717, 1.165) is 0 Å². The second kappa shape index (κ2) is 6.30. The molecule has 7 heteroatoms. The van der Waals surface area contributed by atoms with Gasteiger partial charge in [-0.25, -0.2) is 4.98 Å². The van der Waals surface area contributed by atoms with E-state index >= 15 is 0 Å². The van der Waals surface area contributed by atoms with Gasteiger partial charge in [-0.05, 0) is 17.9 Å². The van der Waals surface area contributed by atoms with E-state index in [9.17, 15) is 15.2 Å². The minimum atomic E-state index is -0.649. The lowest BCUT2D eigenvalue weighted by Gasteiger charge is -2.22. The highest BCUT2D eigenvalue weighted by Crippen LogP contribution is 2.21. The maximum atomic E-state index is 10.7. The second-order valence-electron chi connectivity index (χ2n) is 5.73. The summed E-state index contributed by atoms with van der Waals surface area (Å²) in [5, 5.41) is 32.2. The molecule has 0 amide bonds. The molecule has 0 aliphatic carbocycles. The van der Waals surface area contributed by atoms with Crippen molar-refractivity contribution < 1.29 is 10.0 Å². The molecule has 1 unspecified atom stereocenters. The molecule has 0 aliphatic rings. The van der Waals surface area contributed by atoms with Crippen LogP contribution in [-0.4, -0.2) is 27.7 Å². The van der Waals surface area contributed by atoms with Crippen LogP contribution in [0.2, 0.25) is 0 Å². The molecule has 20 heavy (non-hydrogen) atoms. The number of hydrogen-bond donors (Lipinski definition) is 2. The summed E-state index contributed by atoms with van der Waals surface area (Å²) >= 11 is 0. The molecular formula is C13H18N4O3. The van der Waals surface area contributed by atoms with Crippen LogP contribution in [0.1, 0.15) is 32.9 Å². The molecule has 1 aromatic heterocycles. The lowest BCUT2D eigenvalue weighted by molar-refractivity contribution is -0.385. The van der Waals surface area contributed by atoms with Crippen molar-refractivity contribution >= 4 is 11.5 Å². The number of anilines is 1. The molecule has 7 nitrogen and oxygen atoms in total. The maximum Gasteiger partial charge on any atom is 0.305 e. The van der Waals surface area contributed by atoms with Crippen molar-refractivity contribution in [2.24, 2.45) is 5.41 Å². The summed E-state index contributed by atoms with van der Waals surface area (Å²) in [5.74, 6) is 0.333. The molecule has 0 radical (unpaired) electrons. The topological polar surface area (TPSA) is 112 Å². The maximum absolute atomic E-state index is 10.7. The summed E-state index contributed by atoms with van der Waals surface area (Å²) in [6, 6.07) is 4.33. The molecule has 0 aromatic carbocycles. The van der Waals surface area contributed by atoms with Gasteiger partial charge in [-0.3, -0.25) is 10.1 Å². The van der Waals surface area contributed by atoms with Gasteiger partial charge in [-0.2, -0.15) is 5.26 Å². The summed E-state index contributed by atoms with van der Waals surface area (Å²) in [6.07, 6.45) is 0.0514. The number of aliphatic hydroxyl groups is 1. The van der Waals surface area contributed by atoms with Crippen molar-refractivity contribution in [3.63, 3.8) is 0 Å². The van der Waals surface area contributed by atoms with Crippen LogP contribution in [0.15, 0.2) is 12.1 Å². The summed E-state index contributed by atoms with van der Waals surface area (Å²) < 4.78 is 0. The highest BCUT2D eigenvalue weighted by Gasteiger charge is 2.18. The van der Waals surface area contributed by atoms with Crippen LogP contribution < -0.4 is 5.32 Å². The van der Waals surface area contributed by atoms with Gasteiger partial charge in [0.15, 0.2) is 0 Å². The van der Waals surface area contributed by atoms with E-state index in [1.165, 1.54) is 12.1 Å². The van der Waals surface area contributed by atoms with E-state index in [1.807, 2.05) is 20.8 Å². The normalized spacial score (nSPS) is 12.6. The molecule has 0 saturated heterocycles. The zero-order valence-corrected chi connectivity index (χ0v) is 11.8. The molecule has 1 heterocycles. The number of hydrogen-bond acceptors (Lipinski definition) is 6. The van der Waals surface area contributed by atoms with E-state index in [1.54, 1.807) is 6.07 Å². The van der Waals surface area contributed by atoms with Gasteiger partial charge in [0.2, 0.25) is 5.69 Å². The molecule has 108 valence electrons. The van der Waals surface area contributed by atoms with Crippen molar-refractivity contribution in [1.82, 2.24) is 4.98 Å². The molecule has 0 saturated carbocycles. The SMILES string of the molecule is CC(C)(C)CC(O)CNc1ccc([N+](=O)[O-])c(C#N)n1. The van der Waals surface area contributed by atoms with Crippen LogP contribution in [0.25, 0.3) is 0 Å². The molecule has 0 bridgehead atoms. The Hall–Kier alpha value is -2.20. The Morgan fingerprint density at radius 1 is 1.55 bits per heavy atom. The minimum Gasteiger partial charge on any atom is -0.391 e. The van der Waals surface area contributed by atoms with Crippen molar-refractivity contribution in [2.45, 2.75) is 33.3 Å². The molecular weight excluding hydrogens is 260 g/mol. The number of nitro groups is 1. The molecule has 0 fully saturated rings. The van der Waals surface area contributed by atoms with Crippen molar-refractivity contribution in [3.8, 4) is 6.07 Å². The second-order valence-corrected chi connectivity index (χ2v) is 5.73. The van der Waals surface area contributed by atoms with Gasteiger partial charge in [0.05, 0.1) is 11.0 Å². The van der Waals surface area contributed by atoms with Gasteiger partial charge >= 0.3 is 5.69 Å². The first-order valence-electron chi connectivity index (χ1n) is 6.20. The number of nitrogens with zero attached hydrogens (tertiary/aromatic N) is 3. The first kappa shape index (κ1) is 15.9. The van der Waals surface area contributed by atoms with E-state index in [-0.39, 0.29) is 23.3 Å². The lowest BCUT2D eigenvalue weighted by atomic mass is 9.89. The van der Waals surface area contributed by atoms with Gasteiger partial charge < -0.3 is 10.4 Å². The molecule has 2 N–H and O–H groups in total. The third-order valence-electron chi connectivity index (χ3n) is 2.54. The number of pyridine rings is 1. The van der Waals surface area contributed by atoms with Crippen molar-refractivity contribution in [3.05, 3.63) is 27.9 Å². The smallest absolute Gasteiger partial charge is 0.305 e. The zero-order chi connectivity index (χ0) is 15.3. The Morgan fingerprint density at radius 2 is 2.20 bits per heavy atom. The zero-order valence-electron chi connectivity index (χ0n) is 11.8. The van der Waals surface area contributed by atoms with Gasteiger partial charge in [-0.15, -0.1) is 0 Å². The third-order valence-corrected chi connectivity index (χ3v) is 2.54. The van der Waals surface area contributed by atoms with Crippen LogP contribution in [0.3, 0.4) is 0 Å². The Morgan fingerprint density at radius 3 is 2.70 bits per heavy atom. The van der Waals surface area contributed by atoms with Gasteiger partial charge in [0.1, 0.15) is 11.9 Å². The van der Waals surface area contributed by atoms with Crippen molar-refractivity contribution in [2.75, 3.05) is 11.9 Å². The standard InChI is InChI=1S/C13H18N4O3/c1-13(2,3)6-9(18)8-15-12-5-4-11(17(19)20)10(7-14)16-12/h4-5,9,18H,6,8H2,1-3H3,(H,15,16). The summed E-state index contributed by atoms with van der Waals surface area (Å²) in [4.78, 5) is 13.9. The lowest BCUT2D eigenvalue weighted by Crippen LogP contribution is -2.25. The molecule has 1 aromatic rings.